The van der Waals surface area contributed by atoms with E-state index in [1.807, 2.05) is 6.07 Å². The number of carboxylic acids is 1. The minimum absolute atomic E-state index is 0.0314. The van der Waals surface area contributed by atoms with Crippen LogP contribution in [-0.4, -0.2) is 55.5 Å². The summed E-state index contributed by atoms with van der Waals surface area (Å²) in [5.74, 6) is -0.334. The summed E-state index contributed by atoms with van der Waals surface area (Å²) in [6.07, 6.45) is 0.181. The van der Waals surface area contributed by atoms with Gasteiger partial charge in [-0.05, 0) is 0 Å². The van der Waals surface area contributed by atoms with Gasteiger partial charge in [-0.1, -0.05) is 0 Å². The van der Waals surface area contributed by atoms with E-state index >= 15 is 0 Å². The molecule has 1 heterocycles. The van der Waals surface area contributed by atoms with Crippen LogP contribution in [0.25, 0.3) is 22.2 Å². The molecule has 1 aromatic heterocycles. The third kappa shape index (κ3) is 5.62. The number of hydrogen-bond donors (Lipinski definition) is 1. The molecule has 0 bridgehead atoms. The van der Waals surface area contributed by atoms with Crippen LogP contribution in [0.2, 0.25) is 4.71 Å². The van der Waals surface area contributed by atoms with Crippen LogP contribution in [0.3, 0.4) is 0 Å². The van der Waals surface area contributed by atoms with E-state index in [1.54, 1.807) is 60.7 Å². The average molecular weight is 562 g/mol. The van der Waals surface area contributed by atoms with Crippen molar-refractivity contribution in [3.05, 3.63) is 94.0 Å². The van der Waals surface area contributed by atoms with Crippen LogP contribution < -0.4 is 9.47 Å². The molecule has 0 amide bonds. The second kappa shape index (κ2) is 11.2. The van der Waals surface area contributed by atoms with E-state index in [9.17, 15) is 24.8 Å². The molecule has 2 atom stereocenters. The van der Waals surface area contributed by atoms with Gasteiger partial charge in [-0.2, -0.15) is 0 Å². The first-order chi connectivity index (χ1) is 17.8. The first kappa shape index (κ1) is 25.8. The van der Waals surface area contributed by atoms with Crippen molar-refractivity contribution < 1.29 is 29.1 Å². The van der Waals surface area contributed by atoms with E-state index in [4.69, 9.17) is 9.47 Å². The molecule has 9 nitrogen and oxygen atoms in total. The predicted octanol–water partition coefficient (Wildman–Crippen LogP) is 4.52. The second-order valence-corrected chi connectivity index (χ2v) is 11.1. The van der Waals surface area contributed by atoms with Gasteiger partial charge in [0.15, 0.2) is 0 Å². The van der Waals surface area contributed by atoms with Gasteiger partial charge in [0.1, 0.15) is 0 Å². The fourth-order valence-electron chi connectivity index (χ4n) is 4.04. The zero-order valence-corrected chi connectivity index (χ0v) is 22.1. The fourth-order valence-corrected chi connectivity index (χ4v) is 6.49. The number of nitrogens with zero attached hydrogens (tertiary/aromatic N) is 2. The van der Waals surface area contributed by atoms with Gasteiger partial charge < -0.3 is 0 Å². The number of aromatic nitrogens is 1. The molecule has 4 aromatic rings. The van der Waals surface area contributed by atoms with E-state index in [0.717, 1.165) is 10.9 Å². The first-order valence-electron chi connectivity index (χ1n) is 11.2. The normalized spacial score (nSPS) is 11.9. The number of carbonyl (C=O) groups is 2. The number of aliphatic carboxylic acids is 1. The van der Waals surface area contributed by atoms with Crippen LogP contribution >= 0.6 is 0 Å². The van der Waals surface area contributed by atoms with E-state index < -0.39 is 31.4 Å². The molecule has 0 saturated heterocycles. The van der Waals surface area contributed by atoms with E-state index in [-0.39, 0.29) is 22.2 Å². The Morgan fingerprint density at radius 2 is 1.70 bits per heavy atom. The number of nitro groups is 1. The third-order valence-corrected chi connectivity index (χ3v) is 8.58. The topological polar surface area (TPSA) is 129 Å². The van der Waals surface area contributed by atoms with Gasteiger partial charge >= 0.3 is 219 Å². The molecule has 0 saturated carbocycles. The van der Waals surface area contributed by atoms with Gasteiger partial charge in [-0.25, -0.2) is 0 Å². The minimum atomic E-state index is -1.63. The molecule has 37 heavy (non-hydrogen) atoms. The van der Waals surface area contributed by atoms with Crippen molar-refractivity contribution in [1.82, 2.24) is 4.98 Å². The average Bonchev–Trinajstić information content (AvgIpc) is 2.91. The molecule has 0 spiro atoms. The Hall–Kier alpha value is -4.23. The van der Waals surface area contributed by atoms with Crippen LogP contribution in [0.4, 0.5) is 5.69 Å². The fraction of sp³-hybridized carbons (Fsp3) is 0.148. The Kier molecular flexibility index (Phi) is 7.84. The maximum atomic E-state index is 13.1. The Labute approximate surface area is 218 Å². The molecule has 188 valence electrons. The predicted molar refractivity (Wildman–Crippen MR) is 140 cm³/mol. The van der Waals surface area contributed by atoms with Gasteiger partial charge in [-0.3, -0.25) is 0 Å². The zero-order valence-electron chi connectivity index (χ0n) is 20.0. The van der Waals surface area contributed by atoms with Crippen LogP contribution in [0, 0.1) is 10.1 Å². The van der Waals surface area contributed by atoms with Crippen molar-refractivity contribution in [2.24, 2.45) is 0 Å². The molecule has 10 heteroatoms. The summed E-state index contributed by atoms with van der Waals surface area (Å²) in [4.78, 5) is 40.8. The summed E-state index contributed by atoms with van der Waals surface area (Å²) in [7, 11) is 2.90. The SMILES string of the molecule is COc1cccc(OC)c1C(=O)[AsH]C(Cc1ccc2nc(-c3ccccc3[N+](=O)[O-])ccc2c1)C(=O)O. The van der Waals surface area contributed by atoms with Gasteiger partial charge in [-0.15, -0.1) is 0 Å². The van der Waals surface area contributed by atoms with Crippen LogP contribution in [0.1, 0.15) is 15.9 Å². The summed E-state index contributed by atoms with van der Waals surface area (Å²) in [6, 6.07) is 20.3. The molecule has 0 aliphatic carbocycles. The summed E-state index contributed by atoms with van der Waals surface area (Å²) in [5, 5.41) is 22.0. The number of nitro benzene ring substituents is 1. The quantitative estimate of drug-likeness (QED) is 0.170. The number of carboxylic acid groups (broad SMARTS) is 1. The molecule has 0 aliphatic rings. The molecule has 1 N–H and O–H groups in total. The number of rotatable bonds is 10. The number of carbonyl (C=O) groups excluding carboxylic acids is 1. The van der Waals surface area contributed by atoms with Crippen molar-refractivity contribution in [3.63, 3.8) is 0 Å². The second-order valence-electron chi connectivity index (χ2n) is 8.10. The van der Waals surface area contributed by atoms with Gasteiger partial charge in [0.05, 0.1) is 0 Å². The Balaban J connectivity index is 1.59. The molecular weight excluding hydrogens is 539 g/mol. The number of fused-ring (bicyclic) bond motifs is 1. The number of pyridine rings is 1. The maximum absolute atomic E-state index is 13.1. The van der Waals surface area contributed by atoms with Crippen LogP contribution in [0.15, 0.2) is 72.8 Å². The Bertz CT molecular complexity index is 1480. The zero-order chi connectivity index (χ0) is 26.5. The molecule has 0 fully saturated rings. The monoisotopic (exact) mass is 562 g/mol. The van der Waals surface area contributed by atoms with Gasteiger partial charge in [0.25, 0.3) is 0 Å². The van der Waals surface area contributed by atoms with Crippen LogP contribution in [-0.2, 0) is 11.2 Å². The van der Waals surface area contributed by atoms with Gasteiger partial charge in [0, 0.05) is 0 Å². The summed E-state index contributed by atoms with van der Waals surface area (Å²) >= 11 is -1.63. The van der Waals surface area contributed by atoms with E-state index in [1.165, 1.54) is 20.3 Å². The standard InChI is InChI=1S/C27H23AsN2O7/c1-36-23-8-5-9-24(37-2)25(23)26(31)28-19(27(32)33)15-16-10-12-20-17(14-16)11-13-21(29-20)18-6-3-4-7-22(18)30(34)35/h3-14,19,28H,15H2,1-2H3,(H,32,33). The molecule has 0 radical (unpaired) electrons. The van der Waals surface area contributed by atoms with E-state index in [0.29, 0.717) is 28.3 Å². The molecule has 3 aromatic carbocycles. The summed E-state index contributed by atoms with van der Waals surface area (Å²) in [6.45, 7) is 0. The molecule has 0 aliphatic heterocycles. The summed E-state index contributed by atoms with van der Waals surface area (Å²) in [5.41, 5.74) is 2.50. The molecule has 4 rings (SSSR count). The Morgan fingerprint density at radius 1 is 1.00 bits per heavy atom. The van der Waals surface area contributed by atoms with Crippen molar-refractivity contribution in [3.8, 4) is 22.8 Å². The van der Waals surface area contributed by atoms with Gasteiger partial charge in [0.2, 0.25) is 0 Å². The first-order valence-corrected chi connectivity index (χ1v) is 13.5. The van der Waals surface area contributed by atoms with Crippen molar-refractivity contribution in [1.29, 1.82) is 0 Å². The van der Waals surface area contributed by atoms with Crippen molar-refractivity contribution in [2.75, 3.05) is 14.2 Å². The van der Waals surface area contributed by atoms with Crippen molar-refractivity contribution in [2.45, 2.75) is 11.1 Å². The summed E-state index contributed by atoms with van der Waals surface area (Å²) < 4.78 is 9.50. The Morgan fingerprint density at radius 3 is 2.35 bits per heavy atom. The van der Waals surface area contributed by atoms with Crippen molar-refractivity contribution >= 4 is 42.9 Å². The third-order valence-electron chi connectivity index (χ3n) is 5.83. The van der Waals surface area contributed by atoms with E-state index in [2.05, 4.69) is 4.98 Å². The number of para-hydroxylation sites is 1. The number of methoxy groups -OCH3 is 2. The number of hydrogen-bond acceptors (Lipinski definition) is 7. The van der Waals surface area contributed by atoms with Crippen LogP contribution in [0.5, 0.6) is 11.5 Å². The number of ether oxygens (including phenoxy) is 2. The molecule has 2 unspecified atom stereocenters. The number of benzene rings is 3. The molecular formula is C27H23AsN2O7.